The minimum atomic E-state index is -0.945. The van der Waals surface area contributed by atoms with E-state index >= 15 is 0 Å². The SMILES string of the molecule is CN(CC1CC2CCC1C2)c1ccc(C(N)=S)c(F)c1F. The summed E-state index contributed by atoms with van der Waals surface area (Å²) in [5.41, 5.74) is 5.65. The van der Waals surface area contributed by atoms with Gasteiger partial charge in [0.15, 0.2) is 11.6 Å². The maximum Gasteiger partial charge on any atom is 0.182 e. The molecule has 2 aliphatic carbocycles. The second-order valence-electron chi connectivity index (χ2n) is 6.44. The molecule has 0 heterocycles. The van der Waals surface area contributed by atoms with Gasteiger partial charge in [0, 0.05) is 19.2 Å². The van der Waals surface area contributed by atoms with Gasteiger partial charge in [0.05, 0.1) is 5.69 Å². The van der Waals surface area contributed by atoms with Crippen LogP contribution in [0, 0.1) is 29.4 Å². The smallest absolute Gasteiger partial charge is 0.182 e. The van der Waals surface area contributed by atoms with Crippen molar-refractivity contribution in [2.24, 2.45) is 23.5 Å². The molecule has 1 aromatic carbocycles. The molecule has 3 rings (SSSR count). The van der Waals surface area contributed by atoms with E-state index in [2.05, 4.69) is 0 Å². The van der Waals surface area contributed by atoms with Gasteiger partial charge in [-0.1, -0.05) is 18.6 Å². The minimum Gasteiger partial charge on any atom is -0.389 e. The normalized spacial score (nSPS) is 27.1. The average molecular weight is 310 g/mol. The lowest BCUT2D eigenvalue weighted by atomic mass is 9.88. The monoisotopic (exact) mass is 310 g/mol. The molecule has 3 atom stereocenters. The number of nitrogens with zero attached hydrogens (tertiary/aromatic N) is 1. The average Bonchev–Trinajstić information content (AvgIpc) is 3.03. The third kappa shape index (κ3) is 2.63. The van der Waals surface area contributed by atoms with Crippen LogP contribution in [-0.4, -0.2) is 18.6 Å². The molecule has 21 heavy (non-hydrogen) atoms. The molecule has 2 bridgehead atoms. The van der Waals surface area contributed by atoms with Crippen molar-refractivity contribution in [2.45, 2.75) is 25.7 Å². The third-order valence-corrected chi connectivity index (χ3v) is 5.35. The van der Waals surface area contributed by atoms with E-state index in [9.17, 15) is 8.78 Å². The van der Waals surface area contributed by atoms with Crippen LogP contribution in [0.3, 0.4) is 0 Å². The molecule has 2 fully saturated rings. The van der Waals surface area contributed by atoms with Gasteiger partial charge in [-0.25, -0.2) is 8.78 Å². The predicted octanol–water partition coefficient (Wildman–Crippen LogP) is 3.47. The van der Waals surface area contributed by atoms with Crippen LogP contribution in [0.25, 0.3) is 0 Å². The Balaban J connectivity index is 1.77. The van der Waals surface area contributed by atoms with E-state index in [1.807, 2.05) is 11.9 Å². The van der Waals surface area contributed by atoms with Crippen molar-refractivity contribution in [3.8, 4) is 0 Å². The van der Waals surface area contributed by atoms with Crippen molar-refractivity contribution >= 4 is 22.9 Å². The lowest BCUT2D eigenvalue weighted by molar-refractivity contribution is 0.336. The highest BCUT2D eigenvalue weighted by Gasteiger charge is 2.39. The standard InChI is InChI=1S/C16H20F2N2S/c1-20(8-11-7-9-2-3-10(11)6-9)13-5-4-12(16(19)21)14(17)15(13)18/h4-5,9-11H,2-3,6-8H2,1H3,(H2,19,21). The molecule has 1 aromatic rings. The number of anilines is 1. The summed E-state index contributed by atoms with van der Waals surface area (Å²) in [5.74, 6) is 0.422. The number of hydrogen-bond acceptors (Lipinski definition) is 2. The second kappa shape index (κ2) is 5.52. The molecular weight excluding hydrogens is 290 g/mol. The highest BCUT2D eigenvalue weighted by molar-refractivity contribution is 7.80. The quantitative estimate of drug-likeness (QED) is 0.864. The molecule has 0 aliphatic heterocycles. The van der Waals surface area contributed by atoms with Crippen LogP contribution in [0.15, 0.2) is 12.1 Å². The topological polar surface area (TPSA) is 29.3 Å². The number of fused-ring (bicyclic) bond motifs is 2. The van der Waals surface area contributed by atoms with Crippen molar-refractivity contribution in [3.05, 3.63) is 29.3 Å². The zero-order valence-corrected chi connectivity index (χ0v) is 12.9. The zero-order chi connectivity index (χ0) is 15.1. The van der Waals surface area contributed by atoms with Crippen molar-refractivity contribution < 1.29 is 8.78 Å². The number of thiocarbonyl (C=S) groups is 1. The van der Waals surface area contributed by atoms with Gasteiger partial charge in [-0.2, -0.15) is 0 Å². The first-order chi connectivity index (χ1) is 9.97. The van der Waals surface area contributed by atoms with Crippen molar-refractivity contribution in [3.63, 3.8) is 0 Å². The number of benzene rings is 1. The van der Waals surface area contributed by atoms with E-state index in [0.717, 1.165) is 18.4 Å². The minimum absolute atomic E-state index is 0.0282. The molecule has 0 amide bonds. The van der Waals surface area contributed by atoms with E-state index in [1.165, 1.54) is 31.7 Å². The van der Waals surface area contributed by atoms with Gasteiger partial charge >= 0.3 is 0 Å². The first-order valence-electron chi connectivity index (χ1n) is 7.46. The van der Waals surface area contributed by atoms with Gasteiger partial charge in [-0.05, 0) is 49.1 Å². The number of hydrogen-bond donors (Lipinski definition) is 1. The molecule has 0 aromatic heterocycles. The maximum atomic E-state index is 14.2. The summed E-state index contributed by atoms with van der Waals surface area (Å²) in [4.78, 5) is 1.71. The van der Waals surface area contributed by atoms with Gasteiger partial charge in [0.2, 0.25) is 0 Å². The molecule has 0 saturated heterocycles. The fourth-order valence-electron chi connectivity index (χ4n) is 4.07. The summed E-state index contributed by atoms with van der Waals surface area (Å²) in [6.45, 7) is 0.782. The Morgan fingerprint density at radius 3 is 2.62 bits per heavy atom. The Morgan fingerprint density at radius 2 is 2.05 bits per heavy atom. The van der Waals surface area contributed by atoms with Gasteiger partial charge < -0.3 is 10.6 Å². The van der Waals surface area contributed by atoms with Crippen LogP contribution in [0.2, 0.25) is 0 Å². The second-order valence-corrected chi connectivity index (χ2v) is 6.88. The van der Waals surface area contributed by atoms with E-state index < -0.39 is 11.6 Å². The summed E-state index contributed by atoms with van der Waals surface area (Å²) in [6, 6.07) is 3.04. The van der Waals surface area contributed by atoms with E-state index in [0.29, 0.717) is 5.92 Å². The summed E-state index contributed by atoms with van der Waals surface area (Å²) in [6.07, 6.45) is 5.18. The van der Waals surface area contributed by atoms with Crippen LogP contribution >= 0.6 is 12.2 Å². The first kappa shape index (κ1) is 14.7. The predicted molar refractivity (Wildman–Crippen MR) is 84.5 cm³/mol. The van der Waals surface area contributed by atoms with Crippen LogP contribution < -0.4 is 10.6 Å². The Labute approximate surface area is 129 Å². The number of rotatable bonds is 4. The van der Waals surface area contributed by atoms with Crippen molar-refractivity contribution in [1.82, 2.24) is 0 Å². The van der Waals surface area contributed by atoms with Crippen molar-refractivity contribution in [2.75, 3.05) is 18.5 Å². The molecule has 2 aliphatic rings. The molecule has 5 heteroatoms. The van der Waals surface area contributed by atoms with Gasteiger partial charge in [0.1, 0.15) is 4.99 Å². The number of nitrogens with two attached hydrogens (primary N) is 1. The summed E-state index contributed by atoms with van der Waals surface area (Å²) < 4.78 is 28.2. The zero-order valence-electron chi connectivity index (χ0n) is 12.1. The van der Waals surface area contributed by atoms with Crippen LogP contribution in [0.4, 0.5) is 14.5 Å². The summed E-state index contributed by atoms with van der Waals surface area (Å²) in [7, 11) is 1.82. The van der Waals surface area contributed by atoms with Gasteiger partial charge in [-0.3, -0.25) is 0 Å². The Morgan fingerprint density at radius 1 is 1.29 bits per heavy atom. The molecule has 0 spiro atoms. The van der Waals surface area contributed by atoms with E-state index in [1.54, 1.807) is 6.07 Å². The van der Waals surface area contributed by atoms with Gasteiger partial charge in [-0.15, -0.1) is 0 Å². The summed E-state index contributed by atoms with van der Waals surface area (Å²) in [5, 5.41) is 0. The van der Waals surface area contributed by atoms with Crippen molar-refractivity contribution in [1.29, 1.82) is 0 Å². The molecule has 2 saturated carbocycles. The molecule has 2 N–H and O–H groups in total. The molecule has 114 valence electrons. The molecular formula is C16H20F2N2S. The highest BCUT2D eigenvalue weighted by Crippen LogP contribution is 2.48. The lowest BCUT2D eigenvalue weighted by Crippen LogP contribution is -2.29. The Hall–Kier alpha value is -1.23. The Kier molecular flexibility index (Phi) is 3.86. The molecule has 2 nitrogen and oxygen atoms in total. The largest absolute Gasteiger partial charge is 0.389 e. The maximum absolute atomic E-state index is 14.2. The first-order valence-corrected chi connectivity index (χ1v) is 7.87. The van der Waals surface area contributed by atoms with Gasteiger partial charge in [0.25, 0.3) is 0 Å². The van der Waals surface area contributed by atoms with E-state index in [-0.39, 0.29) is 16.2 Å². The van der Waals surface area contributed by atoms with Crippen LogP contribution in [-0.2, 0) is 0 Å². The summed E-state index contributed by atoms with van der Waals surface area (Å²) >= 11 is 4.73. The molecule has 3 unspecified atom stereocenters. The van der Waals surface area contributed by atoms with E-state index in [4.69, 9.17) is 18.0 Å². The fourth-order valence-corrected chi connectivity index (χ4v) is 4.23. The highest BCUT2D eigenvalue weighted by atomic mass is 32.1. The van der Waals surface area contributed by atoms with Crippen LogP contribution in [0.5, 0.6) is 0 Å². The lowest BCUT2D eigenvalue weighted by Gasteiger charge is -2.29. The fraction of sp³-hybridized carbons (Fsp3) is 0.562. The Bertz CT molecular complexity index is 576. The van der Waals surface area contributed by atoms with Crippen LogP contribution in [0.1, 0.15) is 31.2 Å². The molecule has 0 radical (unpaired) electrons. The third-order valence-electron chi connectivity index (χ3n) is 5.13. The number of halogens is 2.